The number of rotatable bonds is 11. The van der Waals surface area contributed by atoms with Crippen LogP contribution in [-0.2, 0) is 16.4 Å². The first-order valence-corrected chi connectivity index (χ1v) is 11.1. The number of methoxy groups -OCH3 is 1. The molecule has 0 aliphatic heterocycles. The molecule has 2 aromatic carbocycles. The maximum absolute atomic E-state index is 11.8. The first kappa shape index (κ1) is 23.0. The van der Waals surface area contributed by atoms with Gasteiger partial charge in [-0.2, -0.15) is 0 Å². The van der Waals surface area contributed by atoms with Crippen molar-refractivity contribution in [3.8, 4) is 17.2 Å². The number of sulfonamides is 1. The van der Waals surface area contributed by atoms with Gasteiger partial charge in [0.2, 0.25) is 10.0 Å². The van der Waals surface area contributed by atoms with Gasteiger partial charge in [0.15, 0.2) is 11.5 Å². The predicted molar refractivity (Wildman–Crippen MR) is 113 cm³/mol. The van der Waals surface area contributed by atoms with Crippen LogP contribution in [0.5, 0.6) is 17.2 Å². The van der Waals surface area contributed by atoms with Crippen LogP contribution in [0.25, 0.3) is 0 Å². The van der Waals surface area contributed by atoms with E-state index >= 15 is 0 Å². The van der Waals surface area contributed by atoms with Gasteiger partial charge in [0.25, 0.3) is 0 Å². The quantitative estimate of drug-likeness (QED) is 0.599. The second-order valence-corrected chi connectivity index (χ2v) is 8.32. The highest BCUT2D eigenvalue weighted by Gasteiger charge is 2.17. The highest BCUT2D eigenvalue weighted by Crippen LogP contribution is 2.27. The van der Waals surface area contributed by atoms with E-state index in [1.54, 1.807) is 12.1 Å². The van der Waals surface area contributed by atoms with E-state index in [4.69, 9.17) is 19.3 Å². The third-order valence-corrected chi connectivity index (χ3v) is 5.60. The zero-order valence-electron chi connectivity index (χ0n) is 17.4. The minimum atomic E-state index is -3.85. The smallest absolute Gasteiger partial charge is 0.241 e. The average molecular weight is 423 g/mol. The van der Waals surface area contributed by atoms with Crippen molar-refractivity contribution < 1.29 is 22.6 Å². The van der Waals surface area contributed by atoms with Crippen LogP contribution in [-0.4, -0.2) is 53.3 Å². The maximum atomic E-state index is 11.8. The van der Waals surface area contributed by atoms with E-state index in [1.165, 1.54) is 7.11 Å². The Balaban J connectivity index is 1.95. The summed E-state index contributed by atoms with van der Waals surface area (Å²) in [6.45, 7) is 5.82. The fourth-order valence-corrected chi connectivity index (χ4v) is 3.68. The van der Waals surface area contributed by atoms with Gasteiger partial charge in [0.1, 0.15) is 17.3 Å². The molecule has 0 spiro atoms. The molecule has 0 aliphatic rings. The third kappa shape index (κ3) is 6.62. The summed E-state index contributed by atoms with van der Waals surface area (Å²) in [5.74, 6) is 1.71. The molecule has 0 saturated carbocycles. The van der Waals surface area contributed by atoms with Crippen molar-refractivity contribution in [3.05, 3.63) is 48.0 Å². The molecule has 2 rings (SSSR count). The van der Waals surface area contributed by atoms with Gasteiger partial charge in [-0.05, 0) is 57.1 Å². The Hall–Kier alpha value is -2.29. The van der Waals surface area contributed by atoms with E-state index in [-0.39, 0.29) is 16.7 Å². The molecule has 29 heavy (non-hydrogen) atoms. The van der Waals surface area contributed by atoms with Gasteiger partial charge in [-0.25, -0.2) is 13.6 Å². The van der Waals surface area contributed by atoms with Crippen molar-refractivity contribution in [1.82, 2.24) is 4.90 Å². The molecule has 7 nitrogen and oxygen atoms in total. The van der Waals surface area contributed by atoms with Gasteiger partial charge in [0, 0.05) is 12.6 Å². The van der Waals surface area contributed by atoms with Crippen molar-refractivity contribution in [3.63, 3.8) is 0 Å². The Kier molecular flexibility index (Phi) is 8.31. The Morgan fingerprint density at radius 1 is 1.07 bits per heavy atom. The van der Waals surface area contributed by atoms with E-state index < -0.39 is 10.0 Å². The van der Waals surface area contributed by atoms with Crippen LogP contribution >= 0.6 is 0 Å². The molecule has 0 radical (unpaired) electrons. The third-order valence-electron chi connectivity index (χ3n) is 4.67. The minimum absolute atomic E-state index is 0.00298. The lowest BCUT2D eigenvalue weighted by Gasteiger charge is -2.25. The summed E-state index contributed by atoms with van der Waals surface area (Å²) in [7, 11) is -0.421. The summed E-state index contributed by atoms with van der Waals surface area (Å²) >= 11 is 0. The van der Waals surface area contributed by atoms with Crippen LogP contribution in [0.4, 0.5) is 0 Å². The summed E-state index contributed by atoms with van der Waals surface area (Å²) in [5.41, 5.74) is 0.872. The number of primary sulfonamides is 1. The molecular formula is C21H30N2O5S. The second-order valence-electron chi connectivity index (χ2n) is 6.79. The van der Waals surface area contributed by atoms with Gasteiger partial charge in [-0.3, -0.25) is 4.90 Å². The highest BCUT2D eigenvalue weighted by molar-refractivity contribution is 7.89. The lowest BCUT2D eigenvalue weighted by atomic mass is 10.1. The van der Waals surface area contributed by atoms with E-state index in [2.05, 4.69) is 11.8 Å². The van der Waals surface area contributed by atoms with Gasteiger partial charge in [-0.15, -0.1) is 0 Å². The van der Waals surface area contributed by atoms with Crippen LogP contribution in [0.15, 0.2) is 47.4 Å². The zero-order chi connectivity index (χ0) is 21.4. The first-order chi connectivity index (χ1) is 13.8. The number of benzene rings is 2. The van der Waals surface area contributed by atoms with Gasteiger partial charge < -0.3 is 14.2 Å². The summed E-state index contributed by atoms with van der Waals surface area (Å²) in [4.78, 5) is 2.16. The lowest BCUT2D eigenvalue weighted by molar-refractivity contribution is 0.193. The van der Waals surface area contributed by atoms with Crippen molar-refractivity contribution >= 4 is 10.0 Å². The number of nitrogens with zero attached hydrogens (tertiary/aromatic N) is 1. The SMILES string of the molecule is CCOc1ccccc1OCCN(C)C(C)Cc1ccc(OC)c(S(N)(=O)=O)c1. The summed E-state index contributed by atoms with van der Waals surface area (Å²) in [6.07, 6.45) is 0.665. The Bertz CT molecular complexity index is 902. The number of hydrogen-bond acceptors (Lipinski definition) is 6. The van der Waals surface area contributed by atoms with Crippen molar-refractivity contribution in [2.75, 3.05) is 33.9 Å². The monoisotopic (exact) mass is 422 g/mol. The highest BCUT2D eigenvalue weighted by atomic mass is 32.2. The van der Waals surface area contributed by atoms with Crippen molar-refractivity contribution in [1.29, 1.82) is 0 Å². The van der Waals surface area contributed by atoms with E-state index in [1.807, 2.05) is 44.3 Å². The minimum Gasteiger partial charge on any atom is -0.495 e. The fraction of sp³-hybridized carbons (Fsp3) is 0.429. The number of hydrogen-bond donors (Lipinski definition) is 1. The Labute approximate surface area is 173 Å². The number of likely N-dealkylation sites (N-methyl/N-ethyl adjacent to an activating group) is 1. The molecule has 0 amide bonds. The van der Waals surface area contributed by atoms with E-state index in [0.717, 1.165) is 17.1 Å². The molecule has 8 heteroatoms. The van der Waals surface area contributed by atoms with Crippen LogP contribution < -0.4 is 19.3 Å². The van der Waals surface area contributed by atoms with Gasteiger partial charge >= 0.3 is 0 Å². The topological polar surface area (TPSA) is 91.1 Å². The standard InChI is InChI=1S/C21H30N2O5S/c1-5-27-18-8-6-7-9-19(18)28-13-12-23(3)16(2)14-17-10-11-20(26-4)21(15-17)29(22,24)25/h6-11,15-16H,5,12-14H2,1-4H3,(H2,22,24,25). The molecule has 0 aliphatic carbocycles. The van der Waals surface area contributed by atoms with Crippen LogP contribution in [0.2, 0.25) is 0 Å². The average Bonchev–Trinajstić information content (AvgIpc) is 2.68. The second kappa shape index (κ2) is 10.5. The van der Waals surface area contributed by atoms with Crippen molar-refractivity contribution in [2.24, 2.45) is 5.14 Å². The predicted octanol–water partition coefficient (Wildman–Crippen LogP) is 2.68. The normalized spacial score (nSPS) is 12.6. The zero-order valence-corrected chi connectivity index (χ0v) is 18.2. The molecule has 0 saturated heterocycles. The largest absolute Gasteiger partial charge is 0.495 e. The summed E-state index contributed by atoms with van der Waals surface area (Å²) in [5, 5.41) is 5.30. The molecule has 0 fully saturated rings. The van der Waals surface area contributed by atoms with Gasteiger partial charge in [-0.1, -0.05) is 18.2 Å². The Morgan fingerprint density at radius 2 is 1.72 bits per heavy atom. The first-order valence-electron chi connectivity index (χ1n) is 9.50. The molecule has 1 unspecified atom stereocenters. The van der Waals surface area contributed by atoms with E-state index in [9.17, 15) is 8.42 Å². The fourth-order valence-electron chi connectivity index (χ4n) is 2.93. The number of ether oxygens (including phenoxy) is 3. The molecule has 0 heterocycles. The molecule has 1 atom stereocenters. The molecule has 2 aromatic rings. The lowest BCUT2D eigenvalue weighted by Crippen LogP contribution is -2.34. The summed E-state index contributed by atoms with van der Waals surface area (Å²) < 4.78 is 40.1. The molecule has 0 aromatic heterocycles. The van der Waals surface area contributed by atoms with Crippen LogP contribution in [0, 0.1) is 0 Å². The number of nitrogens with two attached hydrogens (primary N) is 1. The van der Waals surface area contributed by atoms with Crippen LogP contribution in [0.1, 0.15) is 19.4 Å². The molecular weight excluding hydrogens is 392 g/mol. The maximum Gasteiger partial charge on any atom is 0.241 e. The molecule has 2 N–H and O–H groups in total. The van der Waals surface area contributed by atoms with Gasteiger partial charge in [0.05, 0.1) is 13.7 Å². The Morgan fingerprint density at radius 3 is 2.31 bits per heavy atom. The van der Waals surface area contributed by atoms with Crippen LogP contribution in [0.3, 0.4) is 0 Å². The number of para-hydroxylation sites is 2. The molecule has 160 valence electrons. The molecule has 0 bridgehead atoms. The van der Waals surface area contributed by atoms with Crippen molar-refractivity contribution in [2.45, 2.75) is 31.2 Å². The summed E-state index contributed by atoms with van der Waals surface area (Å²) in [6, 6.07) is 12.8. The van der Waals surface area contributed by atoms with E-state index in [0.29, 0.717) is 26.2 Å².